The van der Waals surface area contributed by atoms with E-state index in [0.717, 1.165) is 22.9 Å². The van der Waals surface area contributed by atoms with Crippen LogP contribution in [0.2, 0.25) is 0 Å². The average molecular weight is 302 g/mol. The number of hydrogen-bond acceptors (Lipinski definition) is 2. The van der Waals surface area contributed by atoms with Crippen LogP contribution in [0.15, 0.2) is 24.4 Å². The van der Waals surface area contributed by atoms with Crippen LogP contribution in [0.4, 0.5) is 0 Å². The minimum absolute atomic E-state index is 0.0317. The van der Waals surface area contributed by atoms with Gasteiger partial charge < -0.3 is 15.4 Å². The van der Waals surface area contributed by atoms with E-state index < -0.39 is 0 Å². The number of carbonyl (C=O) groups is 1. The van der Waals surface area contributed by atoms with Crippen molar-refractivity contribution in [2.75, 3.05) is 6.61 Å². The maximum Gasteiger partial charge on any atom is 0.224 e. The Labute approximate surface area is 131 Å². The first kappa shape index (κ1) is 16.6. The summed E-state index contributed by atoms with van der Waals surface area (Å²) in [5.74, 6) is -0.0511. The summed E-state index contributed by atoms with van der Waals surface area (Å²) in [5, 5.41) is 13.5. The maximum absolute atomic E-state index is 12.2. The third kappa shape index (κ3) is 4.34. The highest BCUT2D eigenvalue weighted by atomic mass is 16.3. The lowest BCUT2D eigenvalue weighted by atomic mass is 9.88. The molecule has 0 radical (unpaired) electrons. The summed E-state index contributed by atoms with van der Waals surface area (Å²) in [6, 6.07) is 5.98. The Morgan fingerprint density at radius 1 is 1.36 bits per heavy atom. The van der Waals surface area contributed by atoms with Gasteiger partial charge in [0.05, 0.1) is 19.1 Å². The number of aliphatic hydroxyl groups excluding tert-OH is 1. The molecule has 0 spiro atoms. The van der Waals surface area contributed by atoms with E-state index >= 15 is 0 Å². The summed E-state index contributed by atoms with van der Waals surface area (Å²) in [4.78, 5) is 15.5. The third-order valence-corrected chi connectivity index (χ3v) is 3.72. The fourth-order valence-electron chi connectivity index (χ4n) is 2.80. The quantitative estimate of drug-likeness (QED) is 0.795. The number of aromatic nitrogens is 1. The lowest BCUT2D eigenvalue weighted by Gasteiger charge is -2.25. The van der Waals surface area contributed by atoms with Gasteiger partial charge in [-0.3, -0.25) is 4.79 Å². The minimum atomic E-state index is -0.194. The number of fused-ring (bicyclic) bond motifs is 1. The number of hydrogen-bond donors (Lipinski definition) is 3. The number of carbonyl (C=O) groups excluding carboxylic acids is 1. The molecule has 3 N–H and O–H groups in total. The fourth-order valence-corrected chi connectivity index (χ4v) is 2.80. The first-order chi connectivity index (χ1) is 10.3. The number of amides is 1. The van der Waals surface area contributed by atoms with Crippen molar-refractivity contribution in [1.29, 1.82) is 0 Å². The summed E-state index contributed by atoms with van der Waals surface area (Å²) in [6.07, 6.45) is 2.97. The molecule has 4 heteroatoms. The number of aliphatic hydroxyl groups is 1. The second kappa shape index (κ2) is 6.53. The van der Waals surface area contributed by atoms with Gasteiger partial charge in [0.1, 0.15) is 0 Å². The van der Waals surface area contributed by atoms with Gasteiger partial charge >= 0.3 is 0 Å². The van der Waals surface area contributed by atoms with E-state index in [1.807, 2.05) is 25.3 Å². The number of nitrogens with one attached hydrogen (secondary N) is 2. The summed E-state index contributed by atoms with van der Waals surface area (Å²) in [5.41, 5.74) is 3.30. The van der Waals surface area contributed by atoms with Gasteiger partial charge in [0.15, 0.2) is 0 Å². The highest BCUT2D eigenvalue weighted by Gasteiger charge is 2.20. The van der Waals surface area contributed by atoms with Gasteiger partial charge in [0.2, 0.25) is 5.91 Å². The normalized spacial score (nSPS) is 13.3. The van der Waals surface area contributed by atoms with Crippen molar-refractivity contribution in [3.05, 3.63) is 35.5 Å². The lowest BCUT2D eigenvalue weighted by Crippen LogP contribution is -2.40. The van der Waals surface area contributed by atoms with Crippen molar-refractivity contribution in [1.82, 2.24) is 10.3 Å². The van der Waals surface area contributed by atoms with Crippen LogP contribution in [0.1, 0.15) is 38.3 Å². The van der Waals surface area contributed by atoms with Crippen LogP contribution in [0, 0.1) is 12.3 Å². The summed E-state index contributed by atoms with van der Waals surface area (Å²) < 4.78 is 0. The molecule has 1 atom stereocenters. The Kier molecular flexibility index (Phi) is 4.91. The first-order valence-electron chi connectivity index (χ1n) is 7.75. The number of aryl methyl sites for hydroxylation is 1. The van der Waals surface area contributed by atoms with E-state index in [1.54, 1.807) is 0 Å². The SMILES string of the molecule is Cc1ccc2c(CC(=O)NC(CO)CC(C)(C)C)c[nH]c2c1. The first-order valence-corrected chi connectivity index (χ1v) is 7.75. The van der Waals surface area contributed by atoms with E-state index in [4.69, 9.17) is 0 Å². The van der Waals surface area contributed by atoms with Crippen molar-refractivity contribution in [2.24, 2.45) is 5.41 Å². The van der Waals surface area contributed by atoms with Gasteiger partial charge in [-0.2, -0.15) is 0 Å². The van der Waals surface area contributed by atoms with Crippen molar-refractivity contribution in [2.45, 2.75) is 46.6 Å². The Balaban J connectivity index is 2.04. The molecule has 120 valence electrons. The highest BCUT2D eigenvalue weighted by molar-refractivity contribution is 5.89. The fraction of sp³-hybridized carbons (Fsp3) is 0.500. The highest BCUT2D eigenvalue weighted by Crippen LogP contribution is 2.22. The second-order valence-electron chi connectivity index (χ2n) is 7.25. The van der Waals surface area contributed by atoms with E-state index in [0.29, 0.717) is 6.42 Å². The Morgan fingerprint density at radius 2 is 2.09 bits per heavy atom. The van der Waals surface area contributed by atoms with Crippen molar-refractivity contribution in [3.63, 3.8) is 0 Å². The molecule has 0 saturated heterocycles. The zero-order valence-corrected chi connectivity index (χ0v) is 13.9. The molecule has 2 rings (SSSR count). The van der Waals surface area contributed by atoms with E-state index in [2.05, 4.69) is 37.1 Å². The van der Waals surface area contributed by atoms with Crippen molar-refractivity contribution >= 4 is 16.8 Å². The van der Waals surface area contributed by atoms with Gasteiger partial charge in [0.25, 0.3) is 0 Å². The zero-order chi connectivity index (χ0) is 16.3. The second-order valence-corrected chi connectivity index (χ2v) is 7.25. The molecule has 0 saturated carbocycles. The number of rotatable bonds is 5. The molecule has 1 aromatic carbocycles. The van der Waals surface area contributed by atoms with Gasteiger partial charge in [-0.15, -0.1) is 0 Å². The van der Waals surface area contributed by atoms with Crippen molar-refractivity contribution < 1.29 is 9.90 Å². The molecule has 1 heterocycles. The van der Waals surface area contributed by atoms with Crippen LogP contribution in [0.3, 0.4) is 0 Å². The van der Waals surface area contributed by atoms with E-state index in [1.165, 1.54) is 5.56 Å². The van der Waals surface area contributed by atoms with Gasteiger partial charge in [-0.25, -0.2) is 0 Å². The van der Waals surface area contributed by atoms with E-state index in [-0.39, 0.29) is 24.0 Å². The average Bonchev–Trinajstić information content (AvgIpc) is 2.78. The molecule has 0 fully saturated rings. The number of H-pyrrole nitrogens is 1. The number of aromatic amines is 1. The summed E-state index contributed by atoms with van der Waals surface area (Å²) in [6.45, 7) is 8.32. The molecular formula is C18H26N2O2. The van der Waals surface area contributed by atoms with Gasteiger partial charge in [0, 0.05) is 17.1 Å². The minimum Gasteiger partial charge on any atom is -0.394 e. The smallest absolute Gasteiger partial charge is 0.224 e. The number of benzene rings is 1. The molecular weight excluding hydrogens is 276 g/mol. The van der Waals surface area contributed by atoms with Gasteiger partial charge in [-0.05, 0) is 36.0 Å². The molecule has 0 aliphatic carbocycles. The Bertz CT molecular complexity index is 653. The van der Waals surface area contributed by atoms with Crippen LogP contribution >= 0.6 is 0 Å². The maximum atomic E-state index is 12.2. The Hall–Kier alpha value is -1.81. The largest absolute Gasteiger partial charge is 0.394 e. The monoisotopic (exact) mass is 302 g/mol. The molecule has 1 unspecified atom stereocenters. The van der Waals surface area contributed by atoms with E-state index in [9.17, 15) is 9.90 Å². The van der Waals surface area contributed by atoms with Crippen LogP contribution < -0.4 is 5.32 Å². The summed E-state index contributed by atoms with van der Waals surface area (Å²) >= 11 is 0. The molecule has 0 bridgehead atoms. The predicted molar refractivity (Wildman–Crippen MR) is 89.8 cm³/mol. The standard InChI is InChI=1S/C18H26N2O2/c1-12-5-6-15-13(10-19-16(15)7-12)8-17(22)20-14(11-21)9-18(2,3)4/h5-7,10,14,19,21H,8-9,11H2,1-4H3,(H,20,22). The van der Waals surface area contributed by atoms with Gasteiger partial charge in [-0.1, -0.05) is 32.9 Å². The zero-order valence-electron chi connectivity index (χ0n) is 13.9. The molecule has 1 aromatic heterocycles. The summed E-state index contributed by atoms with van der Waals surface area (Å²) in [7, 11) is 0. The predicted octanol–water partition coefficient (Wildman–Crippen LogP) is 2.93. The van der Waals surface area contributed by atoms with Crippen LogP contribution in [0.5, 0.6) is 0 Å². The topological polar surface area (TPSA) is 65.1 Å². The molecule has 1 amide bonds. The lowest BCUT2D eigenvalue weighted by molar-refractivity contribution is -0.121. The molecule has 0 aliphatic heterocycles. The van der Waals surface area contributed by atoms with Crippen LogP contribution in [-0.2, 0) is 11.2 Å². The molecule has 4 nitrogen and oxygen atoms in total. The van der Waals surface area contributed by atoms with Crippen molar-refractivity contribution in [3.8, 4) is 0 Å². The third-order valence-electron chi connectivity index (χ3n) is 3.72. The van der Waals surface area contributed by atoms with Crippen LogP contribution in [-0.4, -0.2) is 28.6 Å². The Morgan fingerprint density at radius 3 is 2.73 bits per heavy atom. The molecule has 22 heavy (non-hydrogen) atoms. The van der Waals surface area contributed by atoms with Crippen LogP contribution in [0.25, 0.3) is 10.9 Å². The molecule has 0 aliphatic rings. The molecule has 2 aromatic rings.